The number of alkyl halides is 3. The van der Waals surface area contributed by atoms with E-state index in [0.29, 0.717) is 48.0 Å². The lowest BCUT2D eigenvalue weighted by molar-refractivity contribution is -0.137. The van der Waals surface area contributed by atoms with Crippen molar-refractivity contribution in [2.75, 3.05) is 28.6 Å². The first kappa shape index (κ1) is 27.7. The second kappa shape index (κ2) is 11.2. The molecule has 1 aliphatic heterocycles. The minimum absolute atomic E-state index is 0.260. The summed E-state index contributed by atoms with van der Waals surface area (Å²) in [6.07, 6.45) is -4.35. The van der Waals surface area contributed by atoms with Gasteiger partial charge in [0, 0.05) is 30.9 Å². The van der Waals surface area contributed by atoms with E-state index in [1.807, 2.05) is 0 Å². The molecule has 0 radical (unpaired) electrons. The van der Waals surface area contributed by atoms with Crippen LogP contribution in [0.4, 0.5) is 40.0 Å². The Bertz CT molecular complexity index is 1340. The van der Waals surface area contributed by atoms with E-state index in [1.165, 1.54) is 11.0 Å². The number of hydrogen-bond donors (Lipinski definition) is 3. The summed E-state index contributed by atoms with van der Waals surface area (Å²) in [5, 5.41) is 8.76. The van der Waals surface area contributed by atoms with Gasteiger partial charge < -0.3 is 20.7 Å². The van der Waals surface area contributed by atoms with Crippen LogP contribution < -0.4 is 20.9 Å². The summed E-state index contributed by atoms with van der Waals surface area (Å²) in [6, 6.07) is 14.8. The number of halogens is 3. The number of benzene rings is 2. The Hall–Kier alpha value is -4.28. The number of rotatable bonds is 4. The van der Waals surface area contributed by atoms with E-state index >= 15 is 0 Å². The number of carbonyl (C=O) groups is 2. The van der Waals surface area contributed by atoms with Crippen LogP contribution in [0.2, 0.25) is 0 Å². The van der Waals surface area contributed by atoms with E-state index in [2.05, 4.69) is 20.9 Å². The lowest BCUT2D eigenvalue weighted by Gasteiger charge is -2.22. The van der Waals surface area contributed by atoms with Crippen molar-refractivity contribution in [3.63, 3.8) is 0 Å². The molecule has 0 aliphatic carbocycles. The number of hydrogen-bond acceptors (Lipinski definition) is 5. The number of anilines is 3. The summed E-state index contributed by atoms with van der Waals surface area (Å²) in [6.45, 7) is 6.58. The number of alkyl carbamates (subject to hydrolysis) is 1. The normalized spacial score (nSPS) is 13.5. The molecule has 4 rings (SSSR count). The van der Waals surface area contributed by atoms with Crippen molar-refractivity contribution >= 4 is 29.3 Å². The van der Waals surface area contributed by atoms with Crippen molar-refractivity contribution in [3.8, 4) is 11.3 Å². The number of amides is 3. The number of aromatic nitrogens is 1. The highest BCUT2D eigenvalue weighted by Gasteiger charge is 2.31. The van der Waals surface area contributed by atoms with Crippen LogP contribution in [0.1, 0.15) is 38.3 Å². The molecule has 206 valence electrons. The second-order valence-electron chi connectivity index (χ2n) is 10.1. The number of ether oxygens (including phenoxy) is 1. The Morgan fingerprint density at radius 3 is 2.49 bits per heavy atom. The summed E-state index contributed by atoms with van der Waals surface area (Å²) in [5.41, 5.74) is 1.22. The molecule has 0 spiro atoms. The van der Waals surface area contributed by atoms with Gasteiger partial charge in [-0.3, -0.25) is 4.90 Å². The Morgan fingerprint density at radius 2 is 1.79 bits per heavy atom. The Balaban J connectivity index is 1.48. The van der Waals surface area contributed by atoms with Crippen LogP contribution in [-0.2, 0) is 17.5 Å². The van der Waals surface area contributed by atoms with E-state index in [-0.39, 0.29) is 6.54 Å². The molecule has 2 heterocycles. The Labute approximate surface area is 224 Å². The average Bonchev–Trinajstić information content (AvgIpc) is 3.09. The molecule has 2 aromatic carbocycles. The monoisotopic (exact) mass is 541 g/mol. The fourth-order valence-corrected chi connectivity index (χ4v) is 3.96. The first-order chi connectivity index (χ1) is 18.4. The maximum atomic E-state index is 13.3. The van der Waals surface area contributed by atoms with Crippen molar-refractivity contribution in [2.45, 2.75) is 45.5 Å². The molecule has 0 saturated carbocycles. The van der Waals surface area contributed by atoms with Gasteiger partial charge in [-0.05, 0) is 69.2 Å². The Kier molecular flexibility index (Phi) is 7.98. The van der Waals surface area contributed by atoms with Crippen molar-refractivity contribution in [2.24, 2.45) is 0 Å². The van der Waals surface area contributed by atoms with Crippen molar-refractivity contribution < 1.29 is 27.5 Å². The highest BCUT2D eigenvalue weighted by molar-refractivity contribution is 6.03. The maximum Gasteiger partial charge on any atom is 0.416 e. The van der Waals surface area contributed by atoms with Gasteiger partial charge in [0.1, 0.15) is 5.60 Å². The molecule has 0 unspecified atom stereocenters. The fourth-order valence-electron chi connectivity index (χ4n) is 3.96. The van der Waals surface area contributed by atoms with Gasteiger partial charge >= 0.3 is 18.3 Å². The van der Waals surface area contributed by atoms with Crippen LogP contribution in [0.15, 0.2) is 60.7 Å². The molecule has 3 N–H and O–H groups in total. The van der Waals surface area contributed by atoms with Crippen molar-refractivity contribution in [1.29, 1.82) is 0 Å². The first-order valence-corrected chi connectivity index (χ1v) is 12.5. The molecule has 1 aliphatic rings. The van der Waals surface area contributed by atoms with Gasteiger partial charge in [-0.2, -0.15) is 13.2 Å². The smallest absolute Gasteiger partial charge is 0.416 e. The van der Waals surface area contributed by atoms with Crippen molar-refractivity contribution in [3.05, 3.63) is 71.8 Å². The Morgan fingerprint density at radius 1 is 1.05 bits per heavy atom. The maximum absolute atomic E-state index is 13.3. The molecule has 0 saturated heterocycles. The van der Waals surface area contributed by atoms with E-state index in [4.69, 9.17) is 4.74 Å². The predicted molar refractivity (Wildman–Crippen MR) is 144 cm³/mol. The predicted octanol–water partition coefficient (Wildman–Crippen LogP) is 6.65. The third kappa shape index (κ3) is 7.40. The van der Waals surface area contributed by atoms with Gasteiger partial charge in [0.25, 0.3) is 0 Å². The summed E-state index contributed by atoms with van der Waals surface area (Å²) >= 11 is 0. The molecule has 8 nitrogen and oxygen atoms in total. The van der Waals surface area contributed by atoms with E-state index in [9.17, 15) is 22.8 Å². The van der Waals surface area contributed by atoms with E-state index in [1.54, 1.807) is 63.2 Å². The van der Waals surface area contributed by atoms with Crippen LogP contribution in [0.3, 0.4) is 0 Å². The van der Waals surface area contributed by atoms with Gasteiger partial charge in [-0.15, -0.1) is 0 Å². The molecule has 3 aromatic rings. The molecule has 1 aromatic heterocycles. The standard InChI is InChI=1S/C28H30F3N5O3/c1-27(2,3)39-26(38)33-17-18-8-10-21(11-9-18)34-25(37)36-15-5-14-32-23-13-12-22(35-24(23)36)19-6-4-7-20(16-19)28(29,30)31/h4,6-13,16,32H,5,14-15,17H2,1-3H3,(H,33,38)(H,34,37). The lowest BCUT2D eigenvalue weighted by Crippen LogP contribution is -2.36. The molecular weight excluding hydrogens is 511 g/mol. The lowest BCUT2D eigenvalue weighted by atomic mass is 10.1. The minimum atomic E-state index is -4.48. The van der Waals surface area contributed by atoms with Gasteiger partial charge in [0.05, 0.1) is 16.9 Å². The zero-order chi connectivity index (χ0) is 28.2. The topological polar surface area (TPSA) is 95.6 Å². The van der Waals surface area contributed by atoms with Crippen molar-refractivity contribution in [1.82, 2.24) is 10.3 Å². The third-order valence-electron chi connectivity index (χ3n) is 5.78. The third-order valence-corrected chi connectivity index (χ3v) is 5.78. The zero-order valence-corrected chi connectivity index (χ0v) is 21.9. The zero-order valence-electron chi connectivity index (χ0n) is 21.9. The number of carbonyl (C=O) groups excluding carboxylic acids is 2. The van der Waals surface area contributed by atoms with Crippen LogP contribution in [0.5, 0.6) is 0 Å². The van der Waals surface area contributed by atoms with Crippen LogP contribution in [0, 0.1) is 0 Å². The fraction of sp³-hybridized carbons (Fsp3) is 0.321. The van der Waals surface area contributed by atoms with Crippen LogP contribution in [0.25, 0.3) is 11.3 Å². The van der Waals surface area contributed by atoms with Crippen LogP contribution >= 0.6 is 0 Å². The number of nitrogens with one attached hydrogen (secondary N) is 3. The van der Waals surface area contributed by atoms with Gasteiger partial charge in [0.2, 0.25) is 0 Å². The second-order valence-corrected chi connectivity index (χ2v) is 10.1. The number of nitrogens with zero attached hydrogens (tertiary/aromatic N) is 2. The summed E-state index contributed by atoms with van der Waals surface area (Å²) in [4.78, 5) is 31.2. The van der Waals surface area contributed by atoms with Crippen LogP contribution in [-0.4, -0.2) is 35.8 Å². The highest BCUT2D eigenvalue weighted by atomic mass is 19.4. The molecule has 39 heavy (non-hydrogen) atoms. The first-order valence-electron chi connectivity index (χ1n) is 12.5. The average molecular weight is 542 g/mol. The SMILES string of the molecule is CC(C)(C)OC(=O)NCc1ccc(NC(=O)N2CCCNc3ccc(-c4cccc(C(F)(F)F)c4)nc32)cc1. The molecule has 0 fully saturated rings. The summed E-state index contributed by atoms with van der Waals surface area (Å²) < 4.78 is 44.9. The molecule has 0 bridgehead atoms. The summed E-state index contributed by atoms with van der Waals surface area (Å²) in [7, 11) is 0. The molecular formula is C28H30F3N5O3. The molecule has 0 atom stereocenters. The number of fused-ring (bicyclic) bond motifs is 1. The quantitative estimate of drug-likeness (QED) is 0.344. The molecule has 3 amide bonds. The largest absolute Gasteiger partial charge is 0.444 e. The van der Waals surface area contributed by atoms with Gasteiger partial charge in [0.15, 0.2) is 5.82 Å². The van der Waals surface area contributed by atoms with E-state index in [0.717, 1.165) is 17.7 Å². The highest BCUT2D eigenvalue weighted by Crippen LogP contribution is 2.34. The number of urea groups is 1. The van der Waals surface area contributed by atoms with E-state index < -0.39 is 29.5 Å². The number of pyridine rings is 1. The van der Waals surface area contributed by atoms with Gasteiger partial charge in [-0.1, -0.05) is 24.3 Å². The summed E-state index contributed by atoms with van der Waals surface area (Å²) in [5.74, 6) is 0.332. The minimum Gasteiger partial charge on any atom is -0.444 e. The van der Waals surface area contributed by atoms with Gasteiger partial charge in [-0.25, -0.2) is 14.6 Å². The molecule has 11 heteroatoms.